The summed E-state index contributed by atoms with van der Waals surface area (Å²) in [6, 6.07) is -1.39. The standard InChI is InChI=1S/C13H20N4O4/c1-8-9(6-15-16-8)3-2-4-14-13(21)17-7-10(18)5-11(17)12(19)20/h6,10-11,18H,2-5,7H2,1H3,(H,14,21)(H,15,16)(H,19,20)/t10-,11-/m1/s1. The molecule has 2 amide bonds. The molecule has 1 saturated heterocycles. The van der Waals surface area contributed by atoms with E-state index in [0.29, 0.717) is 6.54 Å². The van der Waals surface area contributed by atoms with E-state index >= 15 is 0 Å². The highest BCUT2D eigenvalue weighted by Crippen LogP contribution is 2.18. The number of carbonyl (C=O) groups excluding carboxylic acids is 1. The maximum Gasteiger partial charge on any atom is 0.326 e. The molecule has 21 heavy (non-hydrogen) atoms. The van der Waals surface area contributed by atoms with Crippen LogP contribution in [0.15, 0.2) is 6.20 Å². The van der Waals surface area contributed by atoms with Crippen molar-refractivity contribution in [2.75, 3.05) is 13.1 Å². The summed E-state index contributed by atoms with van der Waals surface area (Å²) >= 11 is 0. The van der Waals surface area contributed by atoms with Crippen molar-refractivity contribution in [3.63, 3.8) is 0 Å². The molecule has 2 heterocycles. The first-order valence-corrected chi connectivity index (χ1v) is 6.93. The zero-order valence-electron chi connectivity index (χ0n) is 11.9. The van der Waals surface area contributed by atoms with Crippen LogP contribution in [0.1, 0.15) is 24.1 Å². The van der Waals surface area contributed by atoms with Crippen LogP contribution in [-0.2, 0) is 11.2 Å². The summed E-state index contributed by atoms with van der Waals surface area (Å²) in [6.45, 7) is 2.44. The molecule has 0 aliphatic carbocycles. The third-order valence-corrected chi connectivity index (χ3v) is 3.66. The molecule has 1 aliphatic heterocycles. The van der Waals surface area contributed by atoms with Gasteiger partial charge in [-0.05, 0) is 25.3 Å². The first-order chi connectivity index (χ1) is 9.99. The van der Waals surface area contributed by atoms with Crippen LogP contribution in [0.25, 0.3) is 0 Å². The van der Waals surface area contributed by atoms with E-state index in [1.807, 2.05) is 6.92 Å². The van der Waals surface area contributed by atoms with Gasteiger partial charge in [-0.15, -0.1) is 0 Å². The lowest BCUT2D eigenvalue weighted by atomic mass is 10.1. The Labute approximate surface area is 122 Å². The molecule has 1 aromatic rings. The second kappa shape index (κ2) is 6.57. The predicted octanol–water partition coefficient (Wildman–Crippen LogP) is -0.120. The maximum absolute atomic E-state index is 12.0. The largest absolute Gasteiger partial charge is 0.480 e. The highest BCUT2D eigenvalue weighted by molar-refractivity contribution is 5.83. The Hall–Kier alpha value is -2.09. The number of aromatic amines is 1. The number of nitrogens with one attached hydrogen (secondary N) is 2. The second-order valence-corrected chi connectivity index (χ2v) is 5.25. The highest BCUT2D eigenvalue weighted by atomic mass is 16.4. The van der Waals surface area contributed by atoms with Gasteiger partial charge in [0.1, 0.15) is 6.04 Å². The number of likely N-dealkylation sites (tertiary alicyclic amines) is 1. The smallest absolute Gasteiger partial charge is 0.326 e. The molecular formula is C13H20N4O4. The summed E-state index contributed by atoms with van der Waals surface area (Å²) in [5, 5.41) is 28.0. The number of H-pyrrole nitrogens is 1. The molecule has 8 nitrogen and oxygen atoms in total. The zero-order chi connectivity index (χ0) is 15.4. The van der Waals surface area contributed by atoms with E-state index in [4.69, 9.17) is 5.11 Å². The molecule has 0 radical (unpaired) electrons. The Morgan fingerprint density at radius 3 is 2.95 bits per heavy atom. The molecule has 0 saturated carbocycles. The van der Waals surface area contributed by atoms with Crippen LogP contribution in [0, 0.1) is 6.92 Å². The number of β-amino-alcohol motifs (C(OH)–C–C–N with tert-alkyl or cyclic N) is 1. The molecule has 0 spiro atoms. The Kier molecular flexibility index (Phi) is 4.79. The monoisotopic (exact) mass is 296 g/mol. The van der Waals surface area contributed by atoms with E-state index < -0.39 is 24.1 Å². The number of carboxylic acid groups (broad SMARTS) is 1. The van der Waals surface area contributed by atoms with E-state index in [9.17, 15) is 14.7 Å². The number of aliphatic hydroxyl groups excluding tert-OH is 1. The number of rotatable bonds is 5. The molecule has 0 unspecified atom stereocenters. The van der Waals surface area contributed by atoms with Crippen molar-refractivity contribution >= 4 is 12.0 Å². The van der Waals surface area contributed by atoms with Gasteiger partial charge in [-0.2, -0.15) is 5.10 Å². The Morgan fingerprint density at radius 1 is 1.57 bits per heavy atom. The number of nitrogens with zero attached hydrogens (tertiary/aromatic N) is 2. The molecule has 116 valence electrons. The van der Waals surface area contributed by atoms with Gasteiger partial charge in [0.15, 0.2) is 0 Å². The minimum Gasteiger partial charge on any atom is -0.480 e. The fourth-order valence-electron chi connectivity index (χ4n) is 2.48. The Balaban J connectivity index is 1.76. The summed E-state index contributed by atoms with van der Waals surface area (Å²) in [7, 11) is 0. The predicted molar refractivity (Wildman–Crippen MR) is 73.8 cm³/mol. The molecule has 1 aliphatic rings. The average Bonchev–Trinajstić information content (AvgIpc) is 3.01. The van der Waals surface area contributed by atoms with E-state index in [0.717, 1.165) is 24.1 Å². The quantitative estimate of drug-likeness (QED) is 0.565. The van der Waals surface area contributed by atoms with Crippen molar-refractivity contribution in [2.45, 2.75) is 38.3 Å². The van der Waals surface area contributed by atoms with Crippen molar-refractivity contribution in [1.82, 2.24) is 20.4 Å². The fourth-order valence-corrected chi connectivity index (χ4v) is 2.48. The van der Waals surface area contributed by atoms with Crippen LogP contribution in [0.5, 0.6) is 0 Å². The molecule has 0 bridgehead atoms. The number of hydrogen-bond acceptors (Lipinski definition) is 4. The summed E-state index contributed by atoms with van der Waals surface area (Å²) < 4.78 is 0. The van der Waals surface area contributed by atoms with Gasteiger partial charge in [0.05, 0.1) is 12.3 Å². The van der Waals surface area contributed by atoms with E-state index in [-0.39, 0.29) is 13.0 Å². The number of carbonyl (C=O) groups is 2. The topological polar surface area (TPSA) is 119 Å². The van der Waals surface area contributed by atoms with Crippen molar-refractivity contribution in [3.8, 4) is 0 Å². The molecule has 1 aromatic heterocycles. The van der Waals surface area contributed by atoms with Gasteiger partial charge in [0.2, 0.25) is 0 Å². The third kappa shape index (κ3) is 3.72. The van der Waals surface area contributed by atoms with Gasteiger partial charge in [-0.3, -0.25) is 5.10 Å². The SMILES string of the molecule is Cc1[nH]ncc1CCCNC(=O)N1C[C@H](O)C[C@@H]1C(=O)O. The molecular weight excluding hydrogens is 276 g/mol. The van der Waals surface area contributed by atoms with Crippen molar-refractivity contribution in [2.24, 2.45) is 0 Å². The van der Waals surface area contributed by atoms with Crippen molar-refractivity contribution < 1.29 is 19.8 Å². The summed E-state index contributed by atoms with van der Waals surface area (Å²) in [5.41, 5.74) is 2.11. The number of hydrogen-bond donors (Lipinski definition) is 4. The van der Waals surface area contributed by atoms with Gasteiger partial charge in [0, 0.05) is 25.2 Å². The van der Waals surface area contributed by atoms with Gasteiger partial charge in [0.25, 0.3) is 0 Å². The molecule has 4 N–H and O–H groups in total. The van der Waals surface area contributed by atoms with E-state index in [1.165, 1.54) is 4.90 Å². The lowest BCUT2D eigenvalue weighted by molar-refractivity contribution is -0.141. The molecule has 2 atom stereocenters. The lowest BCUT2D eigenvalue weighted by Crippen LogP contribution is -2.46. The van der Waals surface area contributed by atoms with Gasteiger partial charge in [-0.25, -0.2) is 9.59 Å². The fraction of sp³-hybridized carbons (Fsp3) is 0.615. The maximum atomic E-state index is 12.0. The minimum atomic E-state index is -1.09. The third-order valence-electron chi connectivity index (χ3n) is 3.66. The van der Waals surface area contributed by atoms with Crippen molar-refractivity contribution in [1.29, 1.82) is 0 Å². The van der Waals surface area contributed by atoms with Crippen LogP contribution in [0.3, 0.4) is 0 Å². The minimum absolute atomic E-state index is 0.0592. The number of urea groups is 1. The number of amides is 2. The Morgan fingerprint density at radius 2 is 2.33 bits per heavy atom. The molecule has 2 rings (SSSR count). The second-order valence-electron chi connectivity index (χ2n) is 5.25. The van der Waals surface area contributed by atoms with E-state index in [2.05, 4.69) is 15.5 Å². The van der Waals surface area contributed by atoms with Gasteiger partial charge < -0.3 is 20.4 Å². The Bertz CT molecular complexity index is 516. The number of aromatic nitrogens is 2. The number of aryl methyl sites for hydroxylation is 2. The van der Waals surface area contributed by atoms with E-state index in [1.54, 1.807) is 6.20 Å². The molecule has 8 heteroatoms. The normalized spacial score (nSPS) is 21.5. The van der Waals surface area contributed by atoms with Gasteiger partial charge in [-0.1, -0.05) is 0 Å². The first-order valence-electron chi connectivity index (χ1n) is 6.93. The summed E-state index contributed by atoms with van der Waals surface area (Å²) in [4.78, 5) is 24.2. The summed E-state index contributed by atoms with van der Waals surface area (Å²) in [6.07, 6.45) is 2.59. The van der Waals surface area contributed by atoms with Crippen molar-refractivity contribution in [3.05, 3.63) is 17.5 Å². The van der Waals surface area contributed by atoms with Gasteiger partial charge >= 0.3 is 12.0 Å². The van der Waals surface area contributed by atoms with Crippen LogP contribution in [0.2, 0.25) is 0 Å². The summed E-state index contributed by atoms with van der Waals surface area (Å²) in [5.74, 6) is -1.09. The van der Waals surface area contributed by atoms with Crippen LogP contribution in [0.4, 0.5) is 4.79 Å². The molecule has 0 aromatic carbocycles. The number of carboxylic acids is 1. The first kappa shape index (κ1) is 15.3. The highest BCUT2D eigenvalue weighted by Gasteiger charge is 2.38. The van der Waals surface area contributed by atoms with Crippen LogP contribution < -0.4 is 5.32 Å². The van der Waals surface area contributed by atoms with Crippen LogP contribution in [-0.4, -0.2) is 62.5 Å². The molecule has 1 fully saturated rings. The zero-order valence-corrected chi connectivity index (χ0v) is 11.9. The number of aliphatic hydroxyl groups is 1. The van der Waals surface area contributed by atoms with Crippen LogP contribution >= 0.6 is 0 Å². The number of aliphatic carboxylic acids is 1. The average molecular weight is 296 g/mol. The lowest BCUT2D eigenvalue weighted by Gasteiger charge is -2.21.